The zero-order chi connectivity index (χ0) is 11.4. The molecule has 0 fully saturated rings. The Hall–Kier alpha value is -1.42. The summed E-state index contributed by atoms with van der Waals surface area (Å²) in [7, 11) is 0. The van der Waals surface area contributed by atoms with Crippen molar-refractivity contribution in [3.63, 3.8) is 0 Å². The Balaban J connectivity index is 2.78. The van der Waals surface area contributed by atoms with Gasteiger partial charge in [-0.3, -0.25) is 0 Å². The van der Waals surface area contributed by atoms with E-state index in [1.54, 1.807) is 6.07 Å². The van der Waals surface area contributed by atoms with Gasteiger partial charge in [-0.1, -0.05) is 13.0 Å². The number of benzene rings is 1. The first kappa shape index (κ1) is 11.7. The number of aliphatic hydroxyl groups is 1. The number of nitrogens with two attached hydrogens (primary N) is 1. The molecule has 1 atom stereocenters. The van der Waals surface area contributed by atoms with E-state index in [0.717, 1.165) is 0 Å². The van der Waals surface area contributed by atoms with Crippen molar-refractivity contribution in [1.82, 2.24) is 0 Å². The van der Waals surface area contributed by atoms with Gasteiger partial charge in [0.15, 0.2) is 0 Å². The number of nitrogen functional groups attached to an aromatic ring is 1. The van der Waals surface area contributed by atoms with Gasteiger partial charge in [0.1, 0.15) is 5.82 Å². The quantitative estimate of drug-likeness (QED) is 0.525. The lowest BCUT2D eigenvalue weighted by Crippen LogP contribution is -2.12. The molecule has 4 N–H and O–H groups in total. The smallest absolute Gasteiger partial charge is 0.146 e. The molecule has 0 heterocycles. The Morgan fingerprint density at radius 3 is 2.80 bits per heavy atom. The van der Waals surface area contributed by atoms with Crippen LogP contribution in [0.25, 0.3) is 0 Å². The summed E-state index contributed by atoms with van der Waals surface area (Å²) < 4.78 is 13.1. The van der Waals surface area contributed by atoms with Gasteiger partial charge in [-0.25, -0.2) is 4.39 Å². The molecule has 0 radical (unpaired) electrons. The van der Waals surface area contributed by atoms with E-state index in [1.807, 2.05) is 6.92 Å². The molecule has 0 aliphatic rings. The maximum atomic E-state index is 13.1. The van der Waals surface area contributed by atoms with Gasteiger partial charge in [-0.05, 0) is 24.1 Å². The zero-order valence-corrected chi connectivity index (χ0v) is 8.63. The Morgan fingerprint density at radius 2 is 2.27 bits per heavy atom. The first-order valence-electron chi connectivity index (χ1n) is 4.85. The van der Waals surface area contributed by atoms with Crippen LogP contribution in [0.15, 0.2) is 18.2 Å². The Morgan fingerprint density at radius 1 is 1.60 bits per heavy atom. The Kier molecular flexibility index (Phi) is 3.80. The minimum Gasteiger partial charge on any atom is -0.396 e. The van der Waals surface area contributed by atoms with Gasteiger partial charge in [0.2, 0.25) is 0 Å². The van der Waals surface area contributed by atoms with Crippen molar-refractivity contribution in [2.45, 2.75) is 25.9 Å². The van der Waals surface area contributed by atoms with E-state index < -0.39 is 11.9 Å². The highest BCUT2D eigenvalue weighted by Gasteiger charge is 2.09. The van der Waals surface area contributed by atoms with Crippen molar-refractivity contribution in [3.05, 3.63) is 29.6 Å². The molecule has 0 saturated carbocycles. The third kappa shape index (κ3) is 3.02. The van der Waals surface area contributed by atoms with Crippen molar-refractivity contribution in [2.75, 3.05) is 5.73 Å². The molecular formula is C11H15FN2O. The SMILES string of the molecule is CCC(O)CC(=N)c1ccc(N)c(F)c1. The molecule has 4 heteroatoms. The fraction of sp³-hybridized carbons (Fsp3) is 0.364. The summed E-state index contributed by atoms with van der Waals surface area (Å²) in [5, 5.41) is 17.0. The van der Waals surface area contributed by atoms with Gasteiger partial charge in [0.25, 0.3) is 0 Å². The number of aliphatic hydroxyl groups excluding tert-OH is 1. The Bertz CT molecular complexity index is 366. The van der Waals surface area contributed by atoms with Crippen molar-refractivity contribution in [2.24, 2.45) is 0 Å². The number of nitrogens with one attached hydrogen (secondary N) is 1. The number of anilines is 1. The molecule has 1 aromatic rings. The highest BCUT2D eigenvalue weighted by atomic mass is 19.1. The first-order chi connectivity index (χ1) is 7.04. The van der Waals surface area contributed by atoms with Gasteiger partial charge in [-0.2, -0.15) is 0 Å². The lowest BCUT2D eigenvalue weighted by Gasteiger charge is -2.09. The van der Waals surface area contributed by atoms with Crippen LogP contribution in [0.5, 0.6) is 0 Å². The molecule has 0 aliphatic carbocycles. The summed E-state index contributed by atoms with van der Waals surface area (Å²) >= 11 is 0. The van der Waals surface area contributed by atoms with Crippen molar-refractivity contribution < 1.29 is 9.50 Å². The second-order valence-electron chi connectivity index (χ2n) is 3.48. The molecule has 0 amide bonds. The van der Waals surface area contributed by atoms with Gasteiger partial charge in [0.05, 0.1) is 11.8 Å². The molecule has 0 saturated heterocycles. The number of hydrogen-bond acceptors (Lipinski definition) is 3. The molecule has 1 unspecified atom stereocenters. The van der Waals surface area contributed by atoms with Gasteiger partial charge in [0, 0.05) is 12.1 Å². The fourth-order valence-electron chi connectivity index (χ4n) is 1.21. The maximum absolute atomic E-state index is 13.1. The van der Waals surface area contributed by atoms with E-state index in [4.69, 9.17) is 11.1 Å². The van der Waals surface area contributed by atoms with Crippen LogP contribution in [0, 0.1) is 11.2 Å². The van der Waals surface area contributed by atoms with E-state index in [0.29, 0.717) is 12.0 Å². The number of rotatable bonds is 4. The summed E-state index contributed by atoms with van der Waals surface area (Å²) in [5.74, 6) is -0.525. The zero-order valence-electron chi connectivity index (χ0n) is 8.63. The maximum Gasteiger partial charge on any atom is 0.146 e. The molecule has 0 aromatic heterocycles. The second kappa shape index (κ2) is 4.89. The molecule has 1 rings (SSSR count). The number of halogens is 1. The molecule has 0 bridgehead atoms. The average Bonchev–Trinajstić information content (AvgIpc) is 2.21. The van der Waals surface area contributed by atoms with Crippen molar-refractivity contribution in [3.8, 4) is 0 Å². The van der Waals surface area contributed by atoms with Crippen LogP contribution in [-0.2, 0) is 0 Å². The second-order valence-corrected chi connectivity index (χ2v) is 3.48. The van der Waals surface area contributed by atoms with Crippen LogP contribution in [0.2, 0.25) is 0 Å². The number of hydrogen-bond donors (Lipinski definition) is 3. The van der Waals surface area contributed by atoms with Crippen LogP contribution in [0.4, 0.5) is 10.1 Å². The van der Waals surface area contributed by atoms with Gasteiger partial charge in [-0.15, -0.1) is 0 Å². The van der Waals surface area contributed by atoms with E-state index >= 15 is 0 Å². The van der Waals surface area contributed by atoms with Crippen LogP contribution in [0.1, 0.15) is 25.3 Å². The molecular weight excluding hydrogens is 195 g/mol. The monoisotopic (exact) mass is 210 g/mol. The predicted molar refractivity (Wildman–Crippen MR) is 58.6 cm³/mol. The summed E-state index contributed by atoms with van der Waals surface area (Å²) in [4.78, 5) is 0. The van der Waals surface area contributed by atoms with E-state index in [1.165, 1.54) is 12.1 Å². The van der Waals surface area contributed by atoms with E-state index in [-0.39, 0.29) is 17.8 Å². The summed E-state index contributed by atoms with van der Waals surface area (Å²) in [6.45, 7) is 1.83. The normalized spacial score (nSPS) is 12.5. The first-order valence-corrected chi connectivity index (χ1v) is 4.85. The summed E-state index contributed by atoms with van der Waals surface area (Å²) in [6.07, 6.45) is 0.276. The molecule has 0 aliphatic heterocycles. The van der Waals surface area contributed by atoms with E-state index in [2.05, 4.69) is 0 Å². The van der Waals surface area contributed by atoms with Crippen molar-refractivity contribution in [1.29, 1.82) is 5.41 Å². The van der Waals surface area contributed by atoms with Gasteiger partial charge >= 0.3 is 0 Å². The fourth-order valence-corrected chi connectivity index (χ4v) is 1.21. The highest BCUT2D eigenvalue weighted by Crippen LogP contribution is 2.14. The topological polar surface area (TPSA) is 70.1 Å². The summed E-state index contributed by atoms with van der Waals surface area (Å²) in [5.41, 5.74) is 6.09. The molecule has 15 heavy (non-hydrogen) atoms. The minimum atomic E-state index is -0.543. The lowest BCUT2D eigenvalue weighted by molar-refractivity contribution is 0.178. The van der Waals surface area contributed by atoms with Crippen LogP contribution in [0.3, 0.4) is 0 Å². The van der Waals surface area contributed by atoms with Crippen molar-refractivity contribution >= 4 is 11.4 Å². The van der Waals surface area contributed by atoms with Gasteiger partial charge < -0.3 is 16.2 Å². The minimum absolute atomic E-state index is 0.0718. The molecule has 0 spiro atoms. The highest BCUT2D eigenvalue weighted by molar-refractivity contribution is 5.98. The molecule has 82 valence electrons. The van der Waals surface area contributed by atoms with Crippen LogP contribution < -0.4 is 5.73 Å². The van der Waals surface area contributed by atoms with Crippen LogP contribution in [-0.4, -0.2) is 16.9 Å². The third-order valence-corrected chi connectivity index (χ3v) is 2.26. The Labute approximate surface area is 88.2 Å². The summed E-state index contributed by atoms with van der Waals surface area (Å²) in [6, 6.07) is 4.24. The largest absolute Gasteiger partial charge is 0.396 e. The van der Waals surface area contributed by atoms with Crippen LogP contribution >= 0.6 is 0 Å². The van der Waals surface area contributed by atoms with E-state index in [9.17, 15) is 9.50 Å². The third-order valence-electron chi connectivity index (χ3n) is 2.26. The standard InChI is InChI=1S/C11H15FN2O/c1-2-8(15)6-11(14)7-3-4-10(13)9(12)5-7/h3-5,8,14-15H,2,6,13H2,1H3. The lowest BCUT2D eigenvalue weighted by atomic mass is 10.0. The predicted octanol–water partition coefficient (Wildman–Crippen LogP) is 1.94. The molecule has 1 aromatic carbocycles. The average molecular weight is 210 g/mol. The molecule has 3 nitrogen and oxygen atoms in total.